The van der Waals surface area contributed by atoms with Gasteiger partial charge in [-0.05, 0) is 48.0 Å². The predicted octanol–water partition coefficient (Wildman–Crippen LogP) is 2.15. The van der Waals surface area contributed by atoms with Gasteiger partial charge >= 0.3 is 0 Å². The maximum atomic E-state index is 13.1. The smallest absolute Gasteiger partial charge is 0.293 e. The lowest BCUT2D eigenvalue weighted by atomic mass is 10.1. The van der Waals surface area contributed by atoms with E-state index in [0.717, 1.165) is 10.2 Å². The van der Waals surface area contributed by atoms with Crippen molar-refractivity contribution >= 4 is 11.4 Å². The Balaban J connectivity index is 1.51. The van der Waals surface area contributed by atoms with Crippen LogP contribution in [0.4, 0.5) is 8.78 Å². The van der Waals surface area contributed by atoms with Crippen molar-refractivity contribution in [3.05, 3.63) is 88.5 Å². The van der Waals surface area contributed by atoms with Crippen LogP contribution in [0.1, 0.15) is 5.56 Å². The Bertz CT molecular complexity index is 1230. The fourth-order valence-corrected chi connectivity index (χ4v) is 2.81. The monoisotopic (exact) mass is 395 g/mol. The van der Waals surface area contributed by atoms with Crippen LogP contribution in [0.3, 0.4) is 0 Å². The van der Waals surface area contributed by atoms with E-state index in [4.69, 9.17) is 0 Å². The Hall–Kier alpha value is -3.88. The highest BCUT2D eigenvalue weighted by Crippen LogP contribution is 2.18. The summed E-state index contributed by atoms with van der Waals surface area (Å²) in [6, 6.07) is 13.0. The second-order valence-corrected chi connectivity index (χ2v) is 6.36. The van der Waals surface area contributed by atoms with Gasteiger partial charge in [0.15, 0.2) is 0 Å². The van der Waals surface area contributed by atoms with Crippen molar-refractivity contribution in [3.63, 3.8) is 0 Å². The minimum absolute atomic E-state index is 0.206. The van der Waals surface area contributed by atoms with Gasteiger partial charge in [-0.1, -0.05) is 12.1 Å². The first-order valence-corrected chi connectivity index (χ1v) is 8.72. The number of rotatable bonds is 5. The molecule has 9 heteroatoms. The Kier molecular flexibility index (Phi) is 4.86. The van der Waals surface area contributed by atoms with Crippen molar-refractivity contribution < 1.29 is 13.6 Å². The molecular formula is C20H15F2N5O2. The molecule has 2 aromatic carbocycles. The molecule has 0 atom stereocenters. The van der Waals surface area contributed by atoms with Gasteiger partial charge in [-0.2, -0.15) is 10.2 Å². The van der Waals surface area contributed by atoms with Crippen LogP contribution in [-0.2, 0) is 17.9 Å². The molecule has 1 N–H and O–H groups in total. The summed E-state index contributed by atoms with van der Waals surface area (Å²) in [5, 5.41) is 10.9. The number of hydrogen-bond donors (Lipinski definition) is 1. The molecule has 4 aromatic rings. The molecule has 7 nitrogen and oxygen atoms in total. The molecule has 0 saturated carbocycles. The number of amides is 1. The van der Waals surface area contributed by atoms with E-state index in [-0.39, 0.29) is 30.2 Å². The first-order chi connectivity index (χ1) is 14.0. The summed E-state index contributed by atoms with van der Waals surface area (Å²) in [6.45, 7) is -0.0644. The summed E-state index contributed by atoms with van der Waals surface area (Å²) >= 11 is 0. The highest BCUT2D eigenvalue weighted by atomic mass is 19.1. The lowest BCUT2D eigenvalue weighted by Crippen LogP contribution is -2.34. The number of aromatic nitrogens is 4. The third-order valence-electron chi connectivity index (χ3n) is 4.33. The Labute approximate surface area is 163 Å². The van der Waals surface area contributed by atoms with Gasteiger partial charge in [0.2, 0.25) is 5.91 Å². The van der Waals surface area contributed by atoms with Gasteiger partial charge in [0.1, 0.15) is 30.0 Å². The summed E-state index contributed by atoms with van der Waals surface area (Å²) in [4.78, 5) is 24.8. The lowest BCUT2D eigenvalue weighted by molar-refractivity contribution is -0.122. The average Bonchev–Trinajstić information content (AvgIpc) is 3.15. The molecule has 0 aliphatic heterocycles. The average molecular weight is 395 g/mol. The molecule has 4 rings (SSSR count). The molecule has 1 amide bonds. The number of fused-ring (bicyclic) bond motifs is 1. The molecule has 0 aliphatic carbocycles. The SMILES string of the molecule is O=C(Cn1ncn2nc(-c3ccc(F)cc3)cc2c1=O)NCc1ccc(F)cc1. The van der Waals surface area contributed by atoms with Crippen LogP contribution in [0.5, 0.6) is 0 Å². The molecule has 29 heavy (non-hydrogen) atoms. The molecule has 0 bridgehead atoms. The molecule has 0 unspecified atom stereocenters. The van der Waals surface area contributed by atoms with E-state index in [1.54, 1.807) is 30.3 Å². The van der Waals surface area contributed by atoms with Crippen molar-refractivity contribution in [2.24, 2.45) is 0 Å². The van der Waals surface area contributed by atoms with Crippen LogP contribution in [0, 0.1) is 11.6 Å². The van der Waals surface area contributed by atoms with Crippen LogP contribution < -0.4 is 10.9 Å². The van der Waals surface area contributed by atoms with Crippen molar-refractivity contribution in [1.29, 1.82) is 0 Å². The quantitative estimate of drug-likeness (QED) is 0.562. The summed E-state index contributed by atoms with van der Waals surface area (Å²) in [5.41, 5.74) is 1.63. The minimum Gasteiger partial charge on any atom is -0.350 e. The second-order valence-electron chi connectivity index (χ2n) is 6.36. The van der Waals surface area contributed by atoms with E-state index in [1.807, 2.05) is 0 Å². The number of carbonyl (C=O) groups excluding carboxylic acids is 1. The predicted molar refractivity (Wildman–Crippen MR) is 101 cm³/mol. The number of benzene rings is 2. The summed E-state index contributed by atoms with van der Waals surface area (Å²) in [6.07, 6.45) is 1.33. The van der Waals surface area contributed by atoms with Gasteiger partial charge in [0.25, 0.3) is 5.56 Å². The molecule has 0 aliphatic rings. The van der Waals surface area contributed by atoms with Crippen LogP contribution in [0.15, 0.2) is 65.7 Å². The lowest BCUT2D eigenvalue weighted by Gasteiger charge is -2.07. The van der Waals surface area contributed by atoms with Crippen LogP contribution >= 0.6 is 0 Å². The molecule has 146 valence electrons. The zero-order valence-electron chi connectivity index (χ0n) is 15.0. The Morgan fingerprint density at radius 3 is 2.34 bits per heavy atom. The standard InChI is InChI=1S/C20H15F2N5O2/c21-15-5-1-13(2-6-15)10-23-19(28)11-26-20(29)18-9-17(25-27(18)12-24-26)14-3-7-16(22)8-4-14/h1-9,12H,10-11H2,(H,23,28). The molecule has 0 spiro atoms. The highest BCUT2D eigenvalue weighted by Gasteiger charge is 2.12. The van der Waals surface area contributed by atoms with Gasteiger partial charge in [-0.25, -0.2) is 18.0 Å². The Morgan fingerprint density at radius 2 is 1.66 bits per heavy atom. The number of nitrogens with one attached hydrogen (secondary N) is 1. The number of carbonyl (C=O) groups is 1. The van der Waals surface area contributed by atoms with E-state index in [0.29, 0.717) is 11.3 Å². The summed E-state index contributed by atoms with van der Waals surface area (Å²) in [7, 11) is 0. The topological polar surface area (TPSA) is 81.3 Å². The molecular weight excluding hydrogens is 380 g/mol. The van der Waals surface area contributed by atoms with E-state index < -0.39 is 11.5 Å². The van der Waals surface area contributed by atoms with E-state index in [2.05, 4.69) is 15.5 Å². The first-order valence-electron chi connectivity index (χ1n) is 8.72. The zero-order valence-corrected chi connectivity index (χ0v) is 15.0. The van der Waals surface area contributed by atoms with Crippen molar-refractivity contribution in [2.75, 3.05) is 0 Å². The molecule has 0 saturated heterocycles. The van der Waals surface area contributed by atoms with Crippen molar-refractivity contribution in [1.82, 2.24) is 24.7 Å². The largest absolute Gasteiger partial charge is 0.350 e. The third kappa shape index (κ3) is 4.03. The molecule has 2 aromatic heterocycles. The highest BCUT2D eigenvalue weighted by molar-refractivity contribution is 5.75. The zero-order chi connectivity index (χ0) is 20.4. The normalized spacial score (nSPS) is 11.0. The summed E-state index contributed by atoms with van der Waals surface area (Å²) < 4.78 is 28.4. The van der Waals surface area contributed by atoms with Gasteiger partial charge in [0, 0.05) is 12.1 Å². The third-order valence-corrected chi connectivity index (χ3v) is 4.33. The first kappa shape index (κ1) is 18.5. The van der Waals surface area contributed by atoms with E-state index >= 15 is 0 Å². The van der Waals surface area contributed by atoms with Crippen LogP contribution in [-0.4, -0.2) is 25.3 Å². The molecule has 0 radical (unpaired) electrons. The van der Waals surface area contributed by atoms with Gasteiger partial charge in [-0.15, -0.1) is 0 Å². The maximum Gasteiger partial charge on any atom is 0.293 e. The van der Waals surface area contributed by atoms with Crippen LogP contribution in [0.2, 0.25) is 0 Å². The molecule has 0 fully saturated rings. The number of halogens is 2. The maximum absolute atomic E-state index is 13.1. The number of nitrogens with zero attached hydrogens (tertiary/aromatic N) is 4. The van der Waals surface area contributed by atoms with Gasteiger partial charge in [-0.3, -0.25) is 9.59 Å². The fraction of sp³-hybridized carbons (Fsp3) is 0.100. The van der Waals surface area contributed by atoms with Gasteiger partial charge in [0.05, 0.1) is 5.69 Å². The second kappa shape index (κ2) is 7.63. The minimum atomic E-state index is -0.481. The van der Waals surface area contributed by atoms with Crippen LogP contribution in [0.25, 0.3) is 16.8 Å². The van der Waals surface area contributed by atoms with Crippen molar-refractivity contribution in [2.45, 2.75) is 13.1 Å². The van der Waals surface area contributed by atoms with E-state index in [9.17, 15) is 18.4 Å². The molecule has 2 heterocycles. The Morgan fingerprint density at radius 1 is 1.00 bits per heavy atom. The van der Waals surface area contributed by atoms with Crippen molar-refractivity contribution in [3.8, 4) is 11.3 Å². The summed E-state index contributed by atoms with van der Waals surface area (Å²) in [5.74, 6) is -1.13. The fourth-order valence-electron chi connectivity index (χ4n) is 2.81. The van der Waals surface area contributed by atoms with E-state index in [1.165, 1.54) is 35.1 Å². The number of hydrogen-bond acceptors (Lipinski definition) is 4. The van der Waals surface area contributed by atoms with Gasteiger partial charge < -0.3 is 5.32 Å².